The van der Waals surface area contributed by atoms with Gasteiger partial charge in [0.05, 0.1) is 11.1 Å². The number of hydrogen-bond acceptors (Lipinski definition) is 4. The number of rotatable bonds is 2. The van der Waals surface area contributed by atoms with Gasteiger partial charge >= 0.3 is 0 Å². The third kappa shape index (κ3) is 2.25. The van der Waals surface area contributed by atoms with E-state index in [4.69, 9.17) is 11.6 Å². The third-order valence-corrected chi connectivity index (χ3v) is 4.55. The lowest BCUT2D eigenvalue weighted by atomic mass is 9.99. The van der Waals surface area contributed by atoms with Crippen LogP contribution in [0.4, 0.5) is 5.82 Å². The summed E-state index contributed by atoms with van der Waals surface area (Å²) in [5.41, 5.74) is 0.298. The summed E-state index contributed by atoms with van der Waals surface area (Å²) < 4.78 is 0. The monoisotopic (exact) mass is 295 g/mol. The molecule has 2 aliphatic heterocycles. The van der Waals surface area contributed by atoms with Crippen molar-refractivity contribution in [3.63, 3.8) is 0 Å². The van der Waals surface area contributed by atoms with E-state index in [-0.39, 0.29) is 24.1 Å². The zero-order valence-corrected chi connectivity index (χ0v) is 12.1. The summed E-state index contributed by atoms with van der Waals surface area (Å²) in [5, 5.41) is 13.1. The molecule has 1 aromatic rings. The number of aliphatic hydroxyl groups is 1. The molecule has 3 rings (SSSR count). The van der Waals surface area contributed by atoms with Crippen molar-refractivity contribution in [2.45, 2.75) is 43.9 Å². The highest BCUT2D eigenvalue weighted by atomic mass is 35.5. The van der Waals surface area contributed by atoms with Crippen molar-refractivity contribution in [1.29, 1.82) is 0 Å². The van der Waals surface area contributed by atoms with E-state index in [0.29, 0.717) is 29.4 Å². The molecule has 2 saturated heterocycles. The highest BCUT2D eigenvalue weighted by Crippen LogP contribution is 2.37. The first-order valence-electron chi connectivity index (χ1n) is 6.95. The number of pyridine rings is 1. The Bertz CT molecular complexity index is 523. The van der Waals surface area contributed by atoms with Crippen LogP contribution in [-0.2, 0) is 0 Å². The molecule has 108 valence electrons. The molecule has 2 atom stereocenters. The second kappa shape index (κ2) is 5.22. The zero-order chi connectivity index (χ0) is 14.3. The highest BCUT2D eigenvalue weighted by molar-refractivity contribution is 6.33. The van der Waals surface area contributed by atoms with E-state index < -0.39 is 0 Å². The van der Waals surface area contributed by atoms with Crippen LogP contribution in [-0.4, -0.2) is 46.1 Å². The van der Waals surface area contributed by atoms with Gasteiger partial charge in [0.25, 0.3) is 5.91 Å². The smallest absolute Gasteiger partial charge is 0.274 e. The van der Waals surface area contributed by atoms with Crippen LogP contribution in [0.2, 0.25) is 5.02 Å². The summed E-state index contributed by atoms with van der Waals surface area (Å²) in [6.45, 7) is 0. The fourth-order valence-electron chi connectivity index (χ4n) is 3.33. The fraction of sp³-hybridized carbons (Fsp3) is 0.571. The van der Waals surface area contributed by atoms with Gasteiger partial charge in [-0.1, -0.05) is 11.6 Å². The molecule has 0 aromatic carbocycles. The minimum absolute atomic E-state index is 0.118. The topological polar surface area (TPSA) is 65.5 Å². The van der Waals surface area contributed by atoms with Gasteiger partial charge in [0.2, 0.25) is 0 Å². The van der Waals surface area contributed by atoms with E-state index in [1.807, 2.05) is 4.90 Å². The van der Waals surface area contributed by atoms with Gasteiger partial charge in [-0.2, -0.15) is 0 Å². The molecule has 0 aliphatic carbocycles. The molecule has 0 spiro atoms. The summed E-state index contributed by atoms with van der Waals surface area (Å²) in [5.74, 6) is 0.508. The van der Waals surface area contributed by atoms with Gasteiger partial charge in [-0.15, -0.1) is 0 Å². The van der Waals surface area contributed by atoms with Crippen molar-refractivity contribution in [3.05, 3.63) is 22.8 Å². The number of hydrogen-bond donors (Lipinski definition) is 2. The number of anilines is 1. The molecule has 20 heavy (non-hydrogen) atoms. The average molecular weight is 296 g/mol. The van der Waals surface area contributed by atoms with E-state index >= 15 is 0 Å². The molecule has 2 unspecified atom stereocenters. The molecule has 2 bridgehead atoms. The maximum Gasteiger partial charge on any atom is 0.274 e. The maximum absolute atomic E-state index is 12.7. The molecule has 2 N–H and O–H groups in total. The largest absolute Gasteiger partial charge is 0.393 e. The summed E-state index contributed by atoms with van der Waals surface area (Å²) in [7, 11) is 1.76. The Hall–Kier alpha value is -1.33. The summed E-state index contributed by atoms with van der Waals surface area (Å²) >= 11 is 6.12. The Morgan fingerprint density at radius 1 is 1.40 bits per heavy atom. The van der Waals surface area contributed by atoms with Gasteiger partial charge in [-0.25, -0.2) is 4.98 Å². The molecular formula is C14H18ClN3O2. The average Bonchev–Trinajstić information content (AvgIpc) is 2.71. The lowest BCUT2D eigenvalue weighted by Gasteiger charge is -2.37. The van der Waals surface area contributed by atoms with Crippen LogP contribution in [0.5, 0.6) is 0 Å². The molecular weight excluding hydrogens is 278 g/mol. The minimum atomic E-state index is -0.288. The Kier molecular flexibility index (Phi) is 3.56. The number of aromatic nitrogens is 1. The van der Waals surface area contributed by atoms with Crippen molar-refractivity contribution in [2.75, 3.05) is 12.4 Å². The van der Waals surface area contributed by atoms with Gasteiger partial charge in [-0.05, 0) is 37.8 Å². The van der Waals surface area contributed by atoms with Crippen LogP contribution in [0.25, 0.3) is 0 Å². The van der Waals surface area contributed by atoms with E-state index in [1.54, 1.807) is 19.2 Å². The second-order valence-corrected chi connectivity index (χ2v) is 5.91. The number of nitrogens with one attached hydrogen (secondary N) is 1. The Morgan fingerprint density at radius 2 is 2.05 bits per heavy atom. The maximum atomic E-state index is 12.7. The van der Waals surface area contributed by atoms with Crippen LogP contribution in [0, 0.1) is 0 Å². The summed E-state index contributed by atoms with van der Waals surface area (Å²) in [6.07, 6.45) is 2.94. The van der Waals surface area contributed by atoms with Crippen LogP contribution in [0.1, 0.15) is 36.2 Å². The van der Waals surface area contributed by atoms with Crippen molar-refractivity contribution < 1.29 is 9.90 Å². The van der Waals surface area contributed by atoms with E-state index in [2.05, 4.69) is 10.3 Å². The van der Waals surface area contributed by atoms with Crippen molar-refractivity contribution in [2.24, 2.45) is 0 Å². The predicted octanol–water partition coefficient (Wildman–Crippen LogP) is 1.90. The number of amides is 1. The number of aliphatic hydroxyl groups excluding tert-OH is 1. The van der Waals surface area contributed by atoms with Crippen LogP contribution < -0.4 is 5.32 Å². The molecule has 0 radical (unpaired) electrons. The van der Waals surface area contributed by atoms with Crippen LogP contribution >= 0.6 is 11.6 Å². The van der Waals surface area contributed by atoms with Gasteiger partial charge < -0.3 is 15.3 Å². The molecule has 6 heteroatoms. The van der Waals surface area contributed by atoms with Gasteiger partial charge in [-0.3, -0.25) is 4.79 Å². The van der Waals surface area contributed by atoms with Crippen molar-refractivity contribution >= 4 is 23.3 Å². The fourth-order valence-corrected chi connectivity index (χ4v) is 3.52. The van der Waals surface area contributed by atoms with Crippen molar-refractivity contribution in [1.82, 2.24) is 9.88 Å². The normalized spacial score (nSPS) is 28.6. The number of carbonyl (C=O) groups excluding carboxylic acids is 1. The number of nitrogens with zero attached hydrogens (tertiary/aromatic N) is 2. The Labute approximate surface area is 122 Å². The molecule has 2 fully saturated rings. The lowest BCUT2D eigenvalue weighted by molar-refractivity contribution is 0.0283. The first kappa shape index (κ1) is 13.6. The lowest BCUT2D eigenvalue weighted by Crippen LogP contribution is -2.48. The molecule has 1 amide bonds. The van der Waals surface area contributed by atoms with Crippen LogP contribution in [0.15, 0.2) is 12.1 Å². The van der Waals surface area contributed by atoms with Crippen molar-refractivity contribution in [3.8, 4) is 0 Å². The zero-order valence-electron chi connectivity index (χ0n) is 11.3. The number of piperidine rings is 1. The molecule has 3 heterocycles. The summed E-state index contributed by atoms with van der Waals surface area (Å²) in [4.78, 5) is 18.9. The third-order valence-electron chi connectivity index (χ3n) is 4.25. The van der Waals surface area contributed by atoms with Gasteiger partial charge in [0.15, 0.2) is 0 Å². The molecule has 1 aromatic heterocycles. The van der Waals surface area contributed by atoms with E-state index in [9.17, 15) is 9.90 Å². The van der Waals surface area contributed by atoms with Gasteiger partial charge in [0.1, 0.15) is 11.5 Å². The highest BCUT2D eigenvalue weighted by Gasteiger charge is 2.43. The number of halogens is 1. The SMILES string of the molecule is CNc1ccc(Cl)c(C(=O)N2C3CCC2CC(O)C3)n1. The number of fused-ring (bicyclic) bond motifs is 2. The Balaban J connectivity index is 1.90. The summed E-state index contributed by atoms with van der Waals surface area (Å²) in [6, 6.07) is 3.67. The Morgan fingerprint density at radius 3 is 2.65 bits per heavy atom. The first-order valence-corrected chi connectivity index (χ1v) is 7.33. The van der Waals surface area contributed by atoms with Crippen LogP contribution in [0.3, 0.4) is 0 Å². The number of carbonyl (C=O) groups is 1. The quantitative estimate of drug-likeness (QED) is 0.875. The molecule has 2 aliphatic rings. The first-order chi connectivity index (χ1) is 9.60. The molecule has 0 saturated carbocycles. The molecule has 5 nitrogen and oxygen atoms in total. The van der Waals surface area contributed by atoms with E-state index in [0.717, 1.165) is 12.8 Å². The second-order valence-electron chi connectivity index (χ2n) is 5.50. The van der Waals surface area contributed by atoms with Gasteiger partial charge in [0, 0.05) is 19.1 Å². The standard InChI is InChI=1S/C14H18ClN3O2/c1-16-12-5-4-11(15)13(17-12)14(20)18-8-2-3-9(18)7-10(19)6-8/h4-5,8-10,19H,2-3,6-7H2,1H3,(H,16,17). The predicted molar refractivity (Wildman–Crippen MR) is 77.0 cm³/mol. The minimum Gasteiger partial charge on any atom is -0.393 e. The van der Waals surface area contributed by atoms with E-state index in [1.165, 1.54) is 0 Å².